The first-order valence-electron chi connectivity index (χ1n) is 7.15. The highest BCUT2D eigenvalue weighted by molar-refractivity contribution is 7.80. The molecule has 0 bridgehead atoms. The van der Waals surface area contributed by atoms with Gasteiger partial charge < -0.3 is 10.6 Å². The Morgan fingerprint density at radius 2 is 1.86 bits per heavy atom. The van der Waals surface area contributed by atoms with E-state index in [2.05, 4.69) is 21.7 Å². The van der Waals surface area contributed by atoms with Gasteiger partial charge in [0.05, 0.1) is 28.3 Å². The van der Waals surface area contributed by atoms with E-state index in [1.165, 1.54) is 0 Å². The number of hydrogen-bond acceptors (Lipinski definition) is 5. The van der Waals surface area contributed by atoms with Crippen LogP contribution in [0.4, 0.5) is 5.82 Å². The number of anilines is 1. The van der Waals surface area contributed by atoms with E-state index in [1.54, 1.807) is 0 Å². The number of hydrogen-bond donors (Lipinski definition) is 1. The maximum Gasteiger partial charge on any atom is 0.147 e. The van der Waals surface area contributed by atoms with Crippen LogP contribution in [-0.2, 0) is 0 Å². The first-order chi connectivity index (χ1) is 10.1. The molecule has 0 aliphatic carbocycles. The Labute approximate surface area is 129 Å². The van der Waals surface area contributed by atoms with Crippen LogP contribution >= 0.6 is 12.2 Å². The molecule has 6 heteroatoms. The van der Waals surface area contributed by atoms with Gasteiger partial charge in [0.2, 0.25) is 0 Å². The lowest BCUT2D eigenvalue weighted by Gasteiger charge is -2.38. The summed E-state index contributed by atoms with van der Waals surface area (Å²) >= 11 is 5.07. The van der Waals surface area contributed by atoms with Crippen LogP contribution < -0.4 is 10.6 Å². The predicted octanol–water partition coefficient (Wildman–Crippen LogP) is 1.43. The highest BCUT2D eigenvalue weighted by Crippen LogP contribution is 2.17. The van der Waals surface area contributed by atoms with Gasteiger partial charge in [-0.2, -0.15) is 0 Å². The Balaban J connectivity index is 1.72. The van der Waals surface area contributed by atoms with E-state index in [4.69, 9.17) is 22.9 Å². The molecule has 1 saturated heterocycles. The number of fused-ring (bicyclic) bond motifs is 1. The minimum absolute atomic E-state index is 0.157. The fraction of sp³-hybridized carbons (Fsp3) is 0.400. The van der Waals surface area contributed by atoms with Crippen molar-refractivity contribution in [3.8, 4) is 0 Å². The predicted molar refractivity (Wildman–Crippen MR) is 89.6 cm³/mol. The van der Waals surface area contributed by atoms with Gasteiger partial charge in [0.1, 0.15) is 5.82 Å². The standard InChI is InChI=1S/C15H19N5S/c1-11(15(16)21)19-6-8-20(9-7-19)14-10-17-12-4-2-3-5-13(12)18-14/h2-5,10-11H,6-9H2,1H3,(H2,16,21). The number of piperazine rings is 1. The Kier molecular flexibility index (Phi) is 3.98. The maximum absolute atomic E-state index is 5.73. The van der Waals surface area contributed by atoms with Gasteiger partial charge in [0.25, 0.3) is 0 Å². The summed E-state index contributed by atoms with van der Waals surface area (Å²) in [5.74, 6) is 0.941. The SMILES string of the molecule is CC(C(N)=S)N1CCN(c2cnc3ccccc3n2)CC1. The van der Waals surface area contributed by atoms with Gasteiger partial charge in [-0.1, -0.05) is 24.4 Å². The van der Waals surface area contributed by atoms with Gasteiger partial charge >= 0.3 is 0 Å². The number of thiocarbonyl (C=S) groups is 1. The summed E-state index contributed by atoms with van der Waals surface area (Å²) < 4.78 is 0. The minimum atomic E-state index is 0.157. The quantitative estimate of drug-likeness (QED) is 0.866. The highest BCUT2D eigenvalue weighted by Gasteiger charge is 2.23. The molecule has 1 fully saturated rings. The molecule has 1 atom stereocenters. The second kappa shape index (κ2) is 5.91. The van der Waals surface area contributed by atoms with Crippen molar-refractivity contribution in [2.24, 2.45) is 5.73 Å². The lowest BCUT2D eigenvalue weighted by molar-refractivity contribution is 0.239. The summed E-state index contributed by atoms with van der Waals surface area (Å²) in [6.45, 7) is 5.77. The third kappa shape index (κ3) is 2.96. The van der Waals surface area contributed by atoms with E-state index < -0.39 is 0 Å². The molecule has 21 heavy (non-hydrogen) atoms. The Morgan fingerprint density at radius 1 is 1.19 bits per heavy atom. The Hall–Kier alpha value is -1.79. The van der Waals surface area contributed by atoms with Crippen LogP contribution in [0.25, 0.3) is 11.0 Å². The molecule has 1 unspecified atom stereocenters. The van der Waals surface area contributed by atoms with Crippen LogP contribution in [0, 0.1) is 0 Å². The third-order valence-corrected chi connectivity index (χ3v) is 4.37. The molecule has 3 rings (SSSR count). The second-order valence-electron chi connectivity index (χ2n) is 5.32. The average Bonchev–Trinajstić information content (AvgIpc) is 2.54. The molecule has 1 aliphatic rings. The molecule has 0 amide bonds. The summed E-state index contributed by atoms with van der Waals surface area (Å²) in [7, 11) is 0. The van der Waals surface area contributed by atoms with Gasteiger partial charge in [-0.25, -0.2) is 4.98 Å². The fourth-order valence-corrected chi connectivity index (χ4v) is 2.77. The normalized spacial score (nSPS) is 17.9. The van der Waals surface area contributed by atoms with Crippen molar-refractivity contribution >= 4 is 34.1 Å². The number of para-hydroxylation sites is 2. The summed E-state index contributed by atoms with van der Waals surface area (Å²) in [6.07, 6.45) is 1.86. The molecule has 1 aromatic heterocycles. The third-order valence-electron chi connectivity index (χ3n) is 4.03. The summed E-state index contributed by atoms with van der Waals surface area (Å²) in [5.41, 5.74) is 7.60. The number of nitrogens with zero attached hydrogens (tertiary/aromatic N) is 4. The number of benzene rings is 1. The first kappa shape index (κ1) is 14.2. The van der Waals surface area contributed by atoms with Gasteiger partial charge in [-0.3, -0.25) is 9.88 Å². The topological polar surface area (TPSA) is 58.3 Å². The van der Waals surface area contributed by atoms with Gasteiger partial charge in [-0.15, -0.1) is 0 Å². The summed E-state index contributed by atoms with van der Waals surface area (Å²) in [4.78, 5) is 14.3. The first-order valence-corrected chi connectivity index (χ1v) is 7.56. The molecule has 2 aromatic rings. The lowest BCUT2D eigenvalue weighted by atomic mass is 10.2. The van der Waals surface area contributed by atoms with Crippen LogP contribution in [0.3, 0.4) is 0 Å². The van der Waals surface area contributed by atoms with Crippen molar-refractivity contribution in [2.45, 2.75) is 13.0 Å². The molecule has 0 saturated carbocycles. The van der Waals surface area contributed by atoms with E-state index >= 15 is 0 Å². The van der Waals surface area contributed by atoms with Crippen LogP contribution in [0.2, 0.25) is 0 Å². The van der Waals surface area contributed by atoms with Crippen molar-refractivity contribution in [3.63, 3.8) is 0 Å². The van der Waals surface area contributed by atoms with Crippen LogP contribution in [0.5, 0.6) is 0 Å². The van der Waals surface area contributed by atoms with Gasteiger partial charge in [0, 0.05) is 26.2 Å². The number of aromatic nitrogens is 2. The zero-order valence-corrected chi connectivity index (χ0v) is 12.9. The van der Waals surface area contributed by atoms with Crippen molar-refractivity contribution in [1.82, 2.24) is 14.9 Å². The van der Waals surface area contributed by atoms with E-state index in [0.717, 1.165) is 43.0 Å². The van der Waals surface area contributed by atoms with Crippen LogP contribution in [0.15, 0.2) is 30.5 Å². The van der Waals surface area contributed by atoms with Crippen molar-refractivity contribution in [2.75, 3.05) is 31.1 Å². The van der Waals surface area contributed by atoms with Crippen LogP contribution in [0.1, 0.15) is 6.92 Å². The molecular weight excluding hydrogens is 282 g/mol. The molecule has 0 spiro atoms. The monoisotopic (exact) mass is 301 g/mol. The van der Waals surface area contributed by atoms with E-state index in [9.17, 15) is 0 Å². The zero-order chi connectivity index (χ0) is 14.8. The highest BCUT2D eigenvalue weighted by atomic mass is 32.1. The average molecular weight is 301 g/mol. The van der Waals surface area contributed by atoms with Crippen LogP contribution in [-0.4, -0.2) is 52.1 Å². The summed E-state index contributed by atoms with van der Waals surface area (Å²) in [5, 5.41) is 0. The number of nitrogens with two attached hydrogens (primary N) is 1. The molecule has 1 aromatic carbocycles. The van der Waals surface area contributed by atoms with E-state index in [1.807, 2.05) is 30.5 Å². The largest absolute Gasteiger partial charge is 0.392 e. The molecule has 2 N–H and O–H groups in total. The smallest absolute Gasteiger partial charge is 0.147 e. The number of rotatable bonds is 3. The Bertz CT molecular complexity index is 651. The van der Waals surface area contributed by atoms with Gasteiger partial charge in [-0.05, 0) is 19.1 Å². The molecule has 0 radical (unpaired) electrons. The molecule has 5 nitrogen and oxygen atoms in total. The molecular formula is C15H19N5S. The van der Waals surface area contributed by atoms with Gasteiger partial charge in [0.15, 0.2) is 0 Å². The van der Waals surface area contributed by atoms with Crippen molar-refractivity contribution in [1.29, 1.82) is 0 Å². The fourth-order valence-electron chi connectivity index (χ4n) is 2.62. The zero-order valence-electron chi connectivity index (χ0n) is 12.1. The van der Waals surface area contributed by atoms with E-state index in [-0.39, 0.29) is 6.04 Å². The second-order valence-corrected chi connectivity index (χ2v) is 5.79. The summed E-state index contributed by atoms with van der Waals surface area (Å²) in [6, 6.07) is 8.10. The minimum Gasteiger partial charge on any atom is -0.392 e. The molecule has 2 heterocycles. The van der Waals surface area contributed by atoms with E-state index in [0.29, 0.717) is 4.99 Å². The maximum atomic E-state index is 5.73. The van der Waals surface area contributed by atoms with Crippen molar-refractivity contribution in [3.05, 3.63) is 30.5 Å². The lowest BCUT2D eigenvalue weighted by Crippen LogP contribution is -2.52. The van der Waals surface area contributed by atoms with Crippen molar-refractivity contribution < 1.29 is 0 Å². The Morgan fingerprint density at radius 3 is 2.52 bits per heavy atom. The molecule has 1 aliphatic heterocycles. The molecule has 110 valence electrons.